The number of carbonyl (C=O) groups excluding carboxylic acids is 2. The van der Waals surface area contributed by atoms with Gasteiger partial charge in [0.2, 0.25) is 5.91 Å². The Hall–Kier alpha value is -3.18. The highest BCUT2D eigenvalue weighted by Gasteiger charge is 2.44. The molecule has 1 saturated heterocycles. The van der Waals surface area contributed by atoms with E-state index in [1.54, 1.807) is 43.4 Å². The lowest BCUT2D eigenvalue weighted by atomic mass is 10.1. The molecule has 1 unspecified atom stereocenters. The zero-order chi connectivity index (χ0) is 24.9. The molecule has 0 aliphatic carbocycles. The van der Waals surface area contributed by atoms with E-state index in [9.17, 15) is 9.59 Å². The summed E-state index contributed by atoms with van der Waals surface area (Å²) in [6.45, 7) is 0.378. The average molecular weight is 601 g/mol. The van der Waals surface area contributed by atoms with E-state index in [4.69, 9.17) is 21.7 Å². The number of methoxy groups -OCH3 is 2. The lowest BCUT2D eigenvalue weighted by Gasteiger charge is -2.24. The number of benzene rings is 3. The van der Waals surface area contributed by atoms with Crippen LogP contribution in [0.5, 0.6) is 11.5 Å². The zero-order valence-corrected chi connectivity index (χ0v) is 22.2. The molecule has 4 rings (SSSR count). The molecular formula is C26H24IN3O4S. The number of thiocarbonyl (C=S) groups is 1. The topological polar surface area (TPSA) is 71.1 Å². The van der Waals surface area contributed by atoms with Gasteiger partial charge in [-0.05, 0) is 101 Å². The maximum atomic E-state index is 13.6. The number of anilines is 2. The van der Waals surface area contributed by atoms with Crippen LogP contribution >= 0.6 is 34.8 Å². The van der Waals surface area contributed by atoms with Crippen LogP contribution in [0.2, 0.25) is 0 Å². The van der Waals surface area contributed by atoms with Crippen LogP contribution in [0.4, 0.5) is 11.4 Å². The molecule has 1 N–H and O–H groups in total. The fourth-order valence-electron chi connectivity index (χ4n) is 3.83. The van der Waals surface area contributed by atoms with Crippen molar-refractivity contribution in [3.8, 4) is 11.5 Å². The number of rotatable bonds is 8. The summed E-state index contributed by atoms with van der Waals surface area (Å²) in [5, 5.41) is 3.23. The predicted octanol–water partition coefficient (Wildman–Crippen LogP) is 4.84. The van der Waals surface area contributed by atoms with Gasteiger partial charge in [0.25, 0.3) is 5.91 Å². The first kappa shape index (κ1) is 24.9. The third-order valence-corrected chi connectivity index (χ3v) is 6.80. The molecule has 0 spiro atoms. The van der Waals surface area contributed by atoms with Gasteiger partial charge in [0.15, 0.2) is 5.11 Å². The molecular weight excluding hydrogens is 577 g/mol. The van der Waals surface area contributed by atoms with Gasteiger partial charge in [0.05, 0.1) is 26.3 Å². The van der Waals surface area contributed by atoms with Crippen molar-refractivity contribution in [3.05, 3.63) is 81.9 Å². The van der Waals surface area contributed by atoms with Gasteiger partial charge in [0, 0.05) is 15.8 Å². The van der Waals surface area contributed by atoms with Crippen LogP contribution in [-0.2, 0) is 16.1 Å². The molecule has 3 aromatic carbocycles. The van der Waals surface area contributed by atoms with E-state index < -0.39 is 6.04 Å². The van der Waals surface area contributed by atoms with Crippen molar-refractivity contribution >= 4 is 63.1 Å². The molecule has 0 bridgehead atoms. The fraction of sp³-hybridized carbons (Fsp3) is 0.192. The third kappa shape index (κ3) is 5.73. The Bertz CT molecular complexity index is 1220. The minimum atomic E-state index is -0.740. The standard InChI is InChI=1S/C26H24IN3O4S/c1-33-21-11-3-17(4-12-21)16-29-23(15-24(31)28-19-7-5-18(27)6-8-19)25(32)30(26(29)35)20-9-13-22(34-2)14-10-20/h3-14,23H,15-16H2,1-2H3,(H,28,31). The van der Waals surface area contributed by atoms with Crippen LogP contribution in [0.3, 0.4) is 0 Å². The number of ether oxygens (including phenoxy) is 2. The third-order valence-electron chi connectivity index (χ3n) is 5.67. The Morgan fingerprint density at radius 1 is 0.943 bits per heavy atom. The van der Waals surface area contributed by atoms with Crippen LogP contribution in [0, 0.1) is 3.57 Å². The van der Waals surface area contributed by atoms with Crippen LogP contribution in [-0.4, -0.2) is 42.1 Å². The Kier molecular flexibility index (Phi) is 7.86. The molecule has 0 radical (unpaired) electrons. The van der Waals surface area contributed by atoms with E-state index in [1.165, 1.54) is 4.90 Å². The molecule has 1 aliphatic rings. The maximum absolute atomic E-state index is 13.6. The van der Waals surface area contributed by atoms with Crippen molar-refractivity contribution in [1.29, 1.82) is 0 Å². The van der Waals surface area contributed by atoms with Crippen molar-refractivity contribution in [2.24, 2.45) is 0 Å². The maximum Gasteiger partial charge on any atom is 0.256 e. The van der Waals surface area contributed by atoms with Crippen molar-refractivity contribution in [2.45, 2.75) is 19.0 Å². The Labute approximate surface area is 223 Å². The molecule has 180 valence electrons. The number of amides is 2. The molecule has 1 fully saturated rings. The second kappa shape index (κ2) is 11.0. The summed E-state index contributed by atoms with van der Waals surface area (Å²) < 4.78 is 11.5. The summed E-state index contributed by atoms with van der Waals surface area (Å²) in [5.74, 6) is 0.909. The first-order valence-corrected chi connectivity index (χ1v) is 12.4. The van der Waals surface area contributed by atoms with Gasteiger partial charge in [0.1, 0.15) is 17.5 Å². The van der Waals surface area contributed by atoms with Gasteiger partial charge in [-0.15, -0.1) is 0 Å². The molecule has 3 aromatic rings. The highest BCUT2D eigenvalue weighted by atomic mass is 127. The Balaban J connectivity index is 1.59. The van der Waals surface area contributed by atoms with E-state index in [1.807, 2.05) is 48.5 Å². The minimum Gasteiger partial charge on any atom is -0.497 e. The number of hydrogen-bond acceptors (Lipinski definition) is 5. The van der Waals surface area contributed by atoms with Crippen LogP contribution in [0.15, 0.2) is 72.8 Å². The highest BCUT2D eigenvalue weighted by molar-refractivity contribution is 14.1. The van der Waals surface area contributed by atoms with Gasteiger partial charge in [-0.3, -0.25) is 14.5 Å². The summed E-state index contributed by atoms with van der Waals surface area (Å²) in [6, 6.07) is 21.4. The van der Waals surface area contributed by atoms with Gasteiger partial charge in [-0.2, -0.15) is 0 Å². The first-order valence-electron chi connectivity index (χ1n) is 10.9. The van der Waals surface area contributed by atoms with Gasteiger partial charge in [-0.25, -0.2) is 0 Å². The zero-order valence-electron chi connectivity index (χ0n) is 19.2. The summed E-state index contributed by atoms with van der Waals surface area (Å²) >= 11 is 7.95. The average Bonchev–Trinajstić information content (AvgIpc) is 3.09. The van der Waals surface area contributed by atoms with E-state index >= 15 is 0 Å². The summed E-state index contributed by atoms with van der Waals surface area (Å²) in [5.41, 5.74) is 2.25. The molecule has 35 heavy (non-hydrogen) atoms. The molecule has 9 heteroatoms. The van der Waals surface area contributed by atoms with E-state index in [-0.39, 0.29) is 18.2 Å². The molecule has 0 saturated carbocycles. The molecule has 1 heterocycles. The van der Waals surface area contributed by atoms with Gasteiger partial charge >= 0.3 is 0 Å². The van der Waals surface area contributed by atoms with E-state index in [0.29, 0.717) is 28.8 Å². The smallest absolute Gasteiger partial charge is 0.256 e. The summed E-state index contributed by atoms with van der Waals surface area (Å²) in [4.78, 5) is 29.8. The Morgan fingerprint density at radius 3 is 2.09 bits per heavy atom. The molecule has 7 nitrogen and oxygen atoms in total. The number of halogens is 1. The summed E-state index contributed by atoms with van der Waals surface area (Å²) in [7, 11) is 3.19. The highest BCUT2D eigenvalue weighted by Crippen LogP contribution is 2.30. The fourth-order valence-corrected chi connectivity index (χ4v) is 4.58. The normalized spacial score (nSPS) is 15.3. The van der Waals surface area contributed by atoms with Crippen molar-refractivity contribution < 1.29 is 19.1 Å². The van der Waals surface area contributed by atoms with E-state index in [0.717, 1.165) is 14.9 Å². The number of hydrogen-bond donors (Lipinski definition) is 1. The van der Waals surface area contributed by atoms with Crippen LogP contribution in [0.1, 0.15) is 12.0 Å². The molecule has 1 aliphatic heterocycles. The first-order chi connectivity index (χ1) is 16.9. The van der Waals surface area contributed by atoms with Crippen LogP contribution < -0.4 is 19.7 Å². The monoisotopic (exact) mass is 601 g/mol. The van der Waals surface area contributed by atoms with Crippen molar-refractivity contribution in [1.82, 2.24) is 4.90 Å². The molecule has 1 atom stereocenters. The predicted molar refractivity (Wildman–Crippen MR) is 148 cm³/mol. The second-order valence-electron chi connectivity index (χ2n) is 7.91. The Morgan fingerprint density at radius 2 is 1.51 bits per heavy atom. The number of carbonyl (C=O) groups is 2. The van der Waals surface area contributed by atoms with Crippen LogP contribution in [0.25, 0.3) is 0 Å². The second-order valence-corrected chi connectivity index (χ2v) is 9.52. The number of nitrogens with one attached hydrogen (secondary N) is 1. The minimum absolute atomic E-state index is 0.0340. The van der Waals surface area contributed by atoms with E-state index in [2.05, 4.69) is 27.9 Å². The van der Waals surface area contributed by atoms with Crippen molar-refractivity contribution in [2.75, 3.05) is 24.4 Å². The SMILES string of the molecule is COc1ccc(CN2C(=S)N(c3ccc(OC)cc3)C(=O)C2CC(=O)Nc2ccc(I)cc2)cc1. The lowest BCUT2D eigenvalue weighted by Crippen LogP contribution is -2.37. The quantitative estimate of drug-likeness (QED) is 0.295. The molecule has 0 aromatic heterocycles. The molecule has 2 amide bonds. The van der Waals surface area contributed by atoms with Gasteiger partial charge < -0.3 is 19.7 Å². The largest absolute Gasteiger partial charge is 0.497 e. The summed E-state index contributed by atoms with van der Waals surface area (Å²) in [6.07, 6.45) is -0.0340. The number of nitrogens with zero attached hydrogens (tertiary/aromatic N) is 2. The van der Waals surface area contributed by atoms with Gasteiger partial charge in [-0.1, -0.05) is 12.1 Å². The lowest BCUT2D eigenvalue weighted by molar-refractivity contribution is -0.124. The van der Waals surface area contributed by atoms with Crippen molar-refractivity contribution in [3.63, 3.8) is 0 Å².